The van der Waals surface area contributed by atoms with Crippen molar-refractivity contribution in [1.29, 1.82) is 0 Å². The van der Waals surface area contributed by atoms with E-state index in [1.165, 1.54) is 12.0 Å². The van der Waals surface area contributed by atoms with Gasteiger partial charge in [0.25, 0.3) is 0 Å². The fraction of sp³-hybridized carbons (Fsp3) is 0.667. The Bertz CT molecular complexity index is 292. The van der Waals surface area contributed by atoms with Crippen LogP contribution in [0.25, 0.3) is 0 Å². The topological polar surface area (TPSA) is 63.7 Å². The van der Waals surface area contributed by atoms with Crippen molar-refractivity contribution < 1.29 is 19.1 Å². The van der Waals surface area contributed by atoms with Gasteiger partial charge in [-0.2, -0.15) is 0 Å². The number of carbonyl (C=O) groups is 3. The first kappa shape index (κ1) is 12.0. The Morgan fingerprint density at radius 1 is 1.60 bits per heavy atom. The third-order valence-corrected chi connectivity index (χ3v) is 2.53. The molecular formula is C9H12ClNO4. The third-order valence-electron chi connectivity index (χ3n) is 2.38. The fourth-order valence-corrected chi connectivity index (χ4v) is 1.79. The van der Waals surface area contributed by atoms with Crippen molar-refractivity contribution in [2.45, 2.75) is 25.3 Å². The van der Waals surface area contributed by atoms with Crippen LogP contribution in [0.15, 0.2) is 0 Å². The maximum absolute atomic E-state index is 11.4. The SMILES string of the molecule is COC(=O)CN1C(=O)CC[C@H]1CC(=O)Cl. The summed E-state index contributed by atoms with van der Waals surface area (Å²) in [5.41, 5.74) is 0. The summed E-state index contributed by atoms with van der Waals surface area (Å²) < 4.78 is 4.46. The van der Waals surface area contributed by atoms with E-state index in [4.69, 9.17) is 11.6 Å². The van der Waals surface area contributed by atoms with Gasteiger partial charge in [-0.05, 0) is 18.0 Å². The van der Waals surface area contributed by atoms with Crippen molar-refractivity contribution in [3.63, 3.8) is 0 Å². The minimum atomic E-state index is -0.496. The van der Waals surface area contributed by atoms with Gasteiger partial charge in [0.15, 0.2) is 0 Å². The molecule has 0 radical (unpaired) electrons. The maximum Gasteiger partial charge on any atom is 0.325 e. The highest BCUT2D eigenvalue weighted by Gasteiger charge is 2.33. The second kappa shape index (κ2) is 5.11. The highest BCUT2D eigenvalue weighted by atomic mass is 35.5. The van der Waals surface area contributed by atoms with Gasteiger partial charge in [0, 0.05) is 18.9 Å². The Morgan fingerprint density at radius 3 is 2.80 bits per heavy atom. The van der Waals surface area contributed by atoms with Gasteiger partial charge in [-0.15, -0.1) is 0 Å². The van der Waals surface area contributed by atoms with E-state index in [2.05, 4.69) is 4.74 Å². The van der Waals surface area contributed by atoms with Crippen LogP contribution in [0.4, 0.5) is 0 Å². The van der Waals surface area contributed by atoms with E-state index in [9.17, 15) is 14.4 Å². The maximum atomic E-state index is 11.4. The fourth-order valence-electron chi connectivity index (χ4n) is 1.61. The first-order chi connectivity index (χ1) is 7.04. The summed E-state index contributed by atoms with van der Waals surface area (Å²) in [5, 5.41) is -0.496. The molecule has 1 aliphatic rings. The van der Waals surface area contributed by atoms with Crippen LogP contribution < -0.4 is 0 Å². The average Bonchev–Trinajstić information content (AvgIpc) is 2.49. The Hall–Kier alpha value is -1.10. The van der Waals surface area contributed by atoms with Crippen molar-refractivity contribution in [2.75, 3.05) is 13.7 Å². The number of halogens is 1. The number of esters is 1. The van der Waals surface area contributed by atoms with Crippen molar-refractivity contribution in [1.82, 2.24) is 4.90 Å². The molecule has 0 bridgehead atoms. The van der Waals surface area contributed by atoms with Crippen LogP contribution in [0.2, 0.25) is 0 Å². The van der Waals surface area contributed by atoms with Crippen LogP contribution >= 0.6 is 11.6 Å². The molecule has 0 saturated carbocycles. The summed E-state index contributed by atoms with van der Waals surface area (Å²) in [6.07, 6.45) is 1.00. The number of methoxy groups -OCH3 is 1. The Kier molecular flexibility index (Phi) is 4.08. The lowest BCUT2D eigenvalue weighted by Crippen LogP contribution is -2.38. The first-order valence-electron chi connectivity index (χ1n) is 4.59. The third kappa shape index (κ3) is 3.20. The van der Waals surface area contributed by atoms with Crippen LogP contribution in [0.3, 0.4) is 0 Å². The van der Waals surface area contributed by atoms with E-state index in [-0.39, 0.29) is 24.9 Å². The Labute approximate surface area is 92.3 Å². The normalized spacial score (nSPS) is 20.5. The number of hydrogen-bond donors (Lipinski definition) is 0. The summed E-state index contributed by atoms with van der Waals surface area (Å²) in [5.74, 6) is -0.624. The number of ether oxygens (including phenoxy) is 1. The van der Waals surface area contributed by atoms with Crippen molar-refractivity contribution >= 4 is 28.7 Å². The van der Waals surface area contributed by atoms with E-state index < -0.39 is 11.2 Å². The first-order valence-corrected chi connectivity index (χ1v) is 4.97. The van der Waals surface area contributed by atoms with E-state index in [0.29, 0.717) is 12.8 Å². The molecule has 0 aromatic carbocycles. The molecule has 1 atom stereocenters. The molecular weight excluding hydrogens is 222 g/mol. The molecule has 5 nitrogen and oxygen atoms in total. The molecule has 0 spiro atoms. The molecule has 1 amide bonds. The second-order valence-electron chi connectivity index (χ2n) is 3.35. The van der Waals surface area contributed by atoms with Gasteiger partial charge >= 0.3 is 5.97 Å². The van der Waals surface area contributed by atoms with Gasteiger partial charge in [-0.25, -0.2) is 0 Å². The van der Waals surface area contributed by atoms with E-state index >= 15 is 0 Å². The van der Waals surface area contributed by atoms with Gasteiger partial charge in [0.05, 0.1) is 7.11 Å². The number of carbonyl (C=O) groups excluding carboxylic acids is 3. The van der Waals surface area contributed by atoms with E-state index in [0.717, 1.165) is 0 Å². The summed E-state index contributed by atoms with van der Waals surface area (Å²) in [4.78, 5) is 34.5. The van der Waals surface area contributed by atoms with Crippen LogP contribution in [0.5, 0.6) is 0 Å². The minimum absolute atomic E-state index is 0.0876. The lowest BCUT2D eigenvalue weighted by molar-refractivity contribution is -0.146. The molecule has 0 aromatic heterocycles. The largest absolute Gasteiger partial charge is 0.468 e. The minimum Gasteiger partial charge on any atom is -0.468 e. The highest BCUT2D eigenvalue weighted by Crippen LogP contribution is 2.21. The molecule has 1 aliphatic heterocycles. The second-order valence-corrected chi connectivity index (χ2v) is 3.77. The lowest BCUT2D eigenvalue weighted by Gasteiger charge is -2.22. The molecule has 0 N–H and O–H groups in total. The summed E-state index contributed by atoms with van der Waals surface area (Å²) in [6.45, 7) is -0.107. The Balaban J connectivity index is 2.60. The molecule has 0 unspecified atom stereocenters. The van der Waals surface area contributed by atoms with Crippen molar-refractivity contribution in [3.05, 3.63) is 0 Å². The van der Waals surface area contributed by atoms with Gasteiger partial charge in [-0.3, -0.25) is 14.4 Å². The number of likely N-dealkylation sites (tertiary alicyclic amines) is 1. The van der Waals surface area contributed by atoms with E-state index in [1.807, 2.05) is 0 Å². The molecule has 1 rings (SSSR count). The van der Waals surface area contributed by atoms with Crippen molar-refractivity contribution in [2.24, 2.45) is 0 Å². The van der Waals surface area contributed by atoms with Gasteiger partial charge < -0.3 is 9.64 Å². The molecule has 84 valence electrons. The molecule has 15 heavy (non-hydrogen) atoms. The molecule has 0 aromatic rings. The standard InChI is InChI=1S/C9H12ClNO4/c1-15-9(14)5-11-6(4-7(10)12)2-3-8(11)13/h6H,2-5H2,1H3/t6-/m0/s1. The quantitative estimate of drug-likeness (QED) is 0.518. The molecule has 1 fully saturated rings. The number of amides is 1. The average molecular weight is 234 g/mol. The summed E-state index contributed by atoms with van der Waals surface area (Å²) in [6, 6.07) is -0.262. The zero-order chi connectivity index (χ0) is 11.4. The van der Waals surface area contributed by atoms with Gasteiger partial charge in [0.2, 0.25) is 11.1 Å². The highest BCUT2D eigenvalue weighted by molar-refractivity contribution is 6.63. The molecule has 1 saturated heterocycles. The van der Waals surface area contributed by atoms with Gasteiger partial charge in [-0.1, -0.05) is 0 Å². The van der Waals surface area contributed by atoms with Gasteiger partial charge in [0.1, 0.15) is 6.54 Å². The number of rotatable bonds is 4. The smallest absolute Gasteiger partial charge is 0.325 e. The molecule has 6 heteroatoms. The predicted octanol–water partition coefficient (Wildman–Crippen LogP) is 0.306. The van der Waals surface area contributed by atoms with Crippen LogP contribution in [-0.2, 0) is 19.1 Å². The molecule has 1 heterocycles. The van der Waals surface area contributed by atoms with Crippen LogP contribution in [-0.4, -0.2) is 41.7 Å². The zero-order valence-corrected chi connectivity index (χ0v) is 9.12. The monoisotopic (exact) mass is 233 g/mol. The van der Waals surface area contributed by atoms with Crippen LogP contribution in [0.1, 0.15) is 19.3 Å². The summed E-state index contributed by atoms with van der Waals surface area (Å²) >= 11 is 5.25. The number of nitrogens with zero attached hydrogens (tertiary/aromatic N) is 1. The zero-order valence-electron chi connectivity index (χ0n) is 8.36. The van der Waals surface area contributed by atoms with E-state index in [1.54, 1.807) is 0 Å². The number of hydrogen-bond acceptors (Lipinski definition) is 4. The summed E-state index contributed by atoms with van der Waals surface area (Å²) in [7, 11) is 1.25. The Morgan fingerprint density at radius 2 is 2.27 bits per heavy atom. The molecule has 0 aliphatic carbocycles. The van der Waals surface area contributed by atoms with Crippen LogP contribution in [0, 0.1) is 0 Å². The lowest BCUT2D eigenvalue weighted by atomic mass is 10.1. The predicted molar refractivity (Wildman–Crippen MR) is 52.2 cm³/mol. The van der Waals surface area contributed by atoms with Crippen molar-refractivity contribution in [3.8, 4) is 0 Å².